The molecule has 0 aromatic carbocycles. The third-order valence-corrected chi connectivity index (χ3v) is 6.31. The van der Waals surface area contributed by atoms with Crippen LogP contribution in [0.15, 0.2) is 11.2 Å². The highest BCUT2D eigenvalue weighted by atomic mass is 32.2. The van der Waals surface area contributed by atoms with Crippen molar-refractivity contribution in [3.05, 3.63) is 12.0 Å². The highest BCUT2D eigenvalue weighted by Crippen LogP contribution is 2.24. The van der Waals surface area contributed by atoms with Gasteiger partial charge in [-0.2, -0.15) is 4.31 Å². The number of aryl methyl sites for hydroxylation is 2. The summed E-state index contributed by atoms with van der Waals surface area (Å²) in [5.74, 6) is 1.32. The maximum Gasteiger partial charge on any atom is 0.262 e. The predicted molar refractivity (Wildman–Crippen MR) is 80.5 cm³/mol. The second-order valence-electron chi connectivity index (χ2n) is 6.27. The van der Waals surface area contributed by atoms with E-state index in [2.05, 4.69) is 10.3 Å². The van der Waals surface area contributed by atoms with E-state index in [1.807, 2.05) is 14.0 Å². The molecule has 21 heavy (non-hydrogen) atoms. The molecular weight excluding hydrogens is 288 g/mol. The van der Waals surface area contributed by atoms with Crippen LogP contribution >= 0.6 is 0 Å². The smallest absolute Gasteiger partial charge is 0.262 e. The SMILES string of the molecule is Cc1nc(S(=O)(=O)N2CCC(CNC3CC3)CC2)cn1C. The molecule has 0 radical (unpaired) electrons. The summed E-state index contributed by atoms with van der Waals surface area (Å²) in [6.07, 6.45) is 6.07. The van der Waals surface area contributed by atoms with E-state index in [0.717, 1.165) is 31.3 Å². The number of aromatic nitrogens is 2. The Labute approximate surface area is 126 Å². The fraction of sp³-hybridized carbons (Fsp3) is 0.786. The molecular formula is C14H24N4O2S. The molecule has 7 heteroatoms. The monoisotopic (exact) mass is 312 g/mol. The van der Waals surface area contributed by atoms with Gasteiger partial charge in [0.1, 0.15) is 5.82 Å². The number of nitrogens with one attached hydrogen (secondary N) is 1. The first-order valence-corrected chi connectivity index (χ1v) is 9.14. The average Bonchev–Trinajstić information content (AvgIpc) is 3.23. The largest absolute Gasteiger partial charge is 0.337 e. The topological polar surface area (TPSA) is 67.2 Å². The van der Waals surface area contributed by atoms with Gasteiger partial charge in [-0.25, -0.2) is 13.4 Å². The van der Waals surface area contributed by atoms with E-state index in [4.69, 9.17) is 0 Å². The van der Waals surface area contributed by atoms with Gasteiger partial charge >= 0.3 is 0 Å². The Morgan fingerprint density at radius 3 is 2.48 bits per heavy atom. The van der Waals surface area contributed by atoms with Crippen molar-refractivity contribution in [2.24, 2.45) is 13.0 Å². The van der Waals surface area contributed by atoms with Gasteiger partial charge in [0.25, 0.3) is 10.0 Å². The van der Waals surface area contributed by atoms with Crippen molar-refractivity contribution in [2.75, 3.05) is 19.6 Å². The van der Waals surface area contributed by atoms with Gasteiger partial charge in [-0.15, -0.1) is 0 Å². The molecule has 1 aliphatic carbocycles. The van der Waals surface area contributed by atoms with Gasteiger partial charge in [-0.1, -0.05) is 0 Å². The second kappa shape index (κ2) is 5.70. The summed E-state index contributed by atoms with van der Waals surface area (Å²) in [5.41, 5.74) is 0. The van der Waals surface area contributed by atoms with Gasteiger partial charge in [-0.3, -0.25) is 0 Å². The lowest BCUT2D eigenvalue weighted by molar-refractivity contribution is 0.266. The number of nitrogens with zero attached hydrogens (tertiary/aromatic N) is 3. The molecule has 0 amide bonds. The summed E-state index contributed by atoms with van der Waals surface area (Å²) in [6.45, 7) is 4.06. The minimum absolute atomic E-state index is 0.178. The summed E-state index contributed by atoms with van der Waals surface area (Å²) in [6, 6.07) is 0.725. The van der Waals surface area contributed by atoms with Crippen molar-refractivity contribution in [3.8, 4) is 0 Å². The molecule has 1 N–H and O–H groups in total. The first-order chi connectivity index (χ1) is 9.96. The molecule has 0 spiro atoms. The second-order valence-corrected chi connectivity index (χ2v) is 8.15. The van der Waals surface area contributed by atoms with Crippen LogP contribution in [0.3, 0.4) is 0 Å². The third-order valence-electron chi connectivity index (χ3n) is 4.54. The number of rotatable bonds is 5. The highest BCUT2D eigenvalue weighted by Gasteiger charge is 2.32. The summed E-state index contributed by atoms with van der Waals surface area (Å²) >= 11 is 0. The van der Waals surface area contributed by atoms with Crippen LogP contribution in [0.2, 0.25) is 0 Å². The zero-order chi connectivity index (χ0) is 15.0. The van der Waals surface area contributed by atoms with Gasteiger partial charge in [0.2, 0.25) is 0 Å². The van der Waals surface area contributed by atoms with Crippen molar-refractivity contribution < 1.29 is 8.42 Å². The lowest BCUT2D eigenvalue weighted by Gasteiger charge is -2.30. The number of piperidine rings is 1. The molecule has 0 unspecified atom stereocenters. The van der Waals surface area contributed by atoms with E-state index >= 15 is 0 Å². The molecule has 2 heterocycles. The summed E-state index contributed by atoms with van der Waals surface area (Å²) in [7, 11) is -1.61. The van der Waals surface area contributed by atoms with Crippen LogP contribution in [-0.4, -0.2) is 48.0 Å². The molecule has 3 rings (SSSR count). The lowest BCUT2D eigenvalue weighted by atomic mass is 9.98. The minimum Gasteiger partial charge on any atom is -0.337 e. The van der Waals surface area contributed by atoms with Crippen LogP contribution in [-0.2, 0) is 17.1 Å². The first kappa shape index (κ1) is 15.0. The minimum atomic E-state index is -3.43. The summed E-state index contributed by atoms with van der Waals surface area (Å²) < 4.78 is 28.5. The van der Waals surface area contributed by atoms with E-state index in [1.54, 1.807) is 15.1 Å². The van der Waals surface area contributed by atoms with Gasteiger partial charge in [0.15, 0.2) is 5.03 Å². The van der Waals surface area contributed by atoms with Gasteiger partial charge in [0, 0.05) is 32.4 Å². The maximum atomic E-state index is 12.6. The maximum absolute atomic E-state index is 12.6. The fourth-order valence-corrected chi connectivity index (χ4v) is 4.25. The Kier molecular flexibility index (Phi) is 4.07. The number of imidazole rings is 1. The Hall–Kier alpha value is -0.920. The van der Waals surface area contributed by atoms with E-state index in [-0.39, 0.29) is 5.03 Å². The van der Waals surface area contributed by atoms with Gasteiger partial charge in [-0.05, 0) is 45.1 Å². The lowest BCUT2D eigenvalue weighted by Crippen LogP contribution is -2.41. The molecule has 118 valence electrons. The first-order valence-electron chi connectivity index (χ1n) is 7.70. The average molecular weight is 312 g/mol. The normalized spacial score (nSPS) is 21.8. The van der Waals surface area contributed by atoms with Crippen LogP contribution < -0.4 is 5.32 Å². The molecule has 2 fully saturated rings. The molecule has 2 aliphatic rings. The number of hydrogen-bond donors (Lipinski definition) is 1. The molecule has 1 saturated heterocycles. The highest BCUT2D eigenvalue weighted by molar-refractivity contribution is 7.89. The Balaban J connectivity index is 1.59. The Morgan fingerprint density at radius 2 is 1.95 bits per heavy atom. The van der Waals surface area contributed by atoms with Crippen molar-refractivity contribution in [1.82, 2.24) is 19.2 Å². The molecule has 1 saturated carbocycles. The summed E-state index contributed by atoms with van der Waals surface area (Å²) in [5, 5.41) is 3.72. The zero-order valence-electron chi connectivity index (χ0n) is 12.7. The van der Waals surface area contributed by atoms with E-state index < -0.39 is 10.0 Å². The van der Waals surface area contributed by atoms with E-state index in [0.29, 0.717) is 19.0 Å². The fourth-order valence-electron chi connectivity index (χ4n) is 2.76. The van der Waals surface area contributed by atoms with E-state index in [1.165, 1.54) is 12.8 Å². The van der Waals surface area contributed by atoms with Crippen molar-refractivity contribution in [2.45, 2.75) is 43.7 Å². The third kappa shape index (κ3) is 3.30. The van der Waals surface area contributed by atoms with Crippen LogP contribution in [0, 0.1) is 12.8 Å². The van der Waals surface area contributed by atoms with Crippen LogP contribution in [0.5, 0.6) is 0 Å². The number of sulfonamides is 1. The zero-order valence-corrected chi connectivity index (χ0v) is 13.6. The van der Waals surface area contributed by atoms with Crippen molar-refractivity contribution >= 4 is 10.0 Å². The Bertz CT molecular complexity index is 579. The quantitative estimate of drug-likeness (QED) is 0.876. The van der Waals surface area contributed by atoms with Crippen LogP contribution in [0.1, 0.15) is 31.5 Å². The molecule has 6 nitrogen and oxygen atoms in total. The van der Waals surface area contributed by atoms with Gasteiger partial charge < -0.3 is 9.88 Å². The van der Waals surface area contributed by atoms with Gasteiger partial charge in [0.05, 0.1) is 0 Å². The Morgan fingerprint density at radius 1 is 1.29 bits per heavy atom. The molecule has 0 bridgehead atoms. The van der Waals surface area contributed by atoms with Crippen molar-refractivity contribution in [1.29, 1.82) is 0 Å². The molecule has 0 atom stereocenters. The molecule has 1 aliphatic heterocycles. The molecule has 1 aromatic heterocycles. The standard InChI is InChI=1S/C14H24N4O2S/c1-11-16-14(10-17(11)2)21(19,20)18-7-5-12(6-8-18)9-15-13-3-4-13/h10,12-13,15H,3-9H2,1-2H3. The predicted octanol–water partition coefficient (Wildman–Crippen LogP) is 0.881. The summed E-state index contributed by atoms with van der Waals surface area (Å²) in [4.78, 5) is 4.16. The van der Waals surface area contributed by atoms with Crippen LogP contribution in [0.25, 0.3) is 0 Å². The molecule has 1 aromatic rings. The van der Waals surface area contributed by atoms with E-state index in [9.17, 15) is 8.42 Å². The number of hydrogen-bond acceptors (Lipinski definition) is 4. The van der Waals surface area contributed by atoms with Crippen LogP contribution in [0.4, 0.5) is 0 Å². The van der Waals surface area contributed by atoms with Crippen molar-refractivity contribution in [3.63, 3.8) is 0 Å².